The molecule has 3 N–H and O–H groups in total. The fourth-order valence-corrected chi connectivity index (χ4v) is 2.10. The summed E-state index contributed by atoms with van der Waals surface area (Å²) in [6.45, 7) is 0.0441. The molecule has 6 nitrogen and oxygen atoms in total. The molecule has 0 saturated carbocycles. The Hall–Kier alpha value is -2.60. The van der Waals surface area contributed by atoms with Gasteiger partial charge >= 0.3 is 0 Å². The van der Waals surface area contributed by atoms with E-state index in [9.17, 15) is 14.9 Å². The normalized spacial score (nSPS) is 10.1. The third-order valence-electron chi connectivity index (χ3n) is 2.81. The van der Waals surface area contributed by atoms with Crippen LogP contribution in [0.2, 0.25) is 5.02 Å². The summed E-state index contributed by atoms with van der Waals surface area (Å²) in [7, 11) is 0. The first-order chi connectivity index (χ1) is 9.97. The third kappa shape index (κ3) is 3.70. The van der Waals surface area contributed by atoms with Gasteiger partial charge in [-0.25, -0.2) is 0 Å². The number of hydrogen-bond acceptors (Lipinski definition) is 4. The van der Waals surface area contributed by atoms with E-state index in [0.29, 0.717) is 21.8 Å². The summed E-state index contributed by atoms with van der Waals surface area (Å²) in [5.41, 5.74) is 6.68. The highest BCUT2D eigenvalue weighted by molar-refractivity contribution is 6.31. The van der Waals surface area contributed by atoms with Crippen molar-refractivity contribution in [3.63, 3.8) is 0 Å². The molecule has 0 bridgehead atoms. The fraction of sp³-hybridized carbons (Fsp3) is 0.0714. The van der Waals surface area contributed by atoms with E-state index in [-0.39, 0.29) is 12.2 Å². The van der Waals surface area contributed by atoms with Crippen molar-refractivity contribution in [1.82, 2.24) is 5.32 Å². The van der Waals surface area contributed by atoms with Crippen LogP contribution in [0.25, 0.3) is 0 Å². The minimum absolute atomic E-state index is 0.0385. The van der Waals surface area contributed by atoms with Gasteiger partial charge < -0.3 is 11.1 Å². The van der Waals surface area contributed by atoms with E-state index in [4.69, 9.17) is 17.3 Å². The molecule has 0 radical (unpaired) electrons. The van der Waals surface area contributed by atoms with Gasteiger partial charge in [0.2, 0.25) is 0 Å². The molecule has 2 aromatic carbocycles. The zero-order valence-electron chi connectivity index (χ0n) is 10.9. The Morgan fingerprint density at radius 2 is 2.00 bits per heavy atom. The average Bonchev–Trinajstić information content (AvgIpc) is 2.43. The lowest BCUT2D eigenvalue weighted by molar-refractivity contribution is -0.385. The molecule has 0 heterocycles. The molecule has 0 aliphatic heterocycles. The Balaban J connectivity index is 2.13. The zero-order chi connectivity index (χ0) is 15.4. The maximum Gasteiger partial charge on any atom is 0.274 e. The second-order valence-corrected chi connectivity index (χ2v) is 4.78. The standard InChI is InChI=1S/C14H12ClN3O3/c15-11-5-10(6-12(16)7-11)14(19)17-8-9-3-1-2-4-13(9)18(20)21/h1-7H,8,16H2,(H,17,19). The van der Waals surface area contributed by atoms with Crippen LogP contribution in [0.3, 0.4) is 0 Å². The van der Waals surface area contributed by atoms with Gasteiger partial charge in [-0.2, -0.15) is 0 Å². The predicted octanol–water partition coefficient (Wildman–Crippen LogP) is 2.76. The van der Waals surface area contributed by atoms with Gasteiger partial charge in [0.25, 0.3) is 11.6 Å². The molecule has 0 unspecified atom stereocenters. The summed E-state index contributed by atoms with van der Waals surface area (Å²) < 4.78 is 0. The number of benzene rings is 2. The zero-order valence-corrected chi connectivity index (χ0v) is 11.6. The average molecular weight is 306 g/mol. The molecule has 0 fully saturated rings. The van der Waals surface area contributed by atoms with Gasteiger partial charge in [0.05, 0.1) is 4.92 Å². The summed E-state index contributed by atoms with van der Waals surface area (Å²) >= 11 is 5.83. The highest BCUT2D eigenvalue weighted by Crippen LogP contribution is 2.19. The highest BCUT2D eigenvalue weighted by Gasteiger charge is 2.14. The van der Waals surface area contributed by atoms with Crippen molar-refractivity contribution in [1.29, 1.82) is 0 Å². The molecule has 0 aliphatic rings. The Morgan fingerprint density at radius 3 is 2.67 bits per heavy atom. The number of carbonyl (C=O) groups excluding carboxylic acids is 1. The van der Waals surface area contributed by atoms with Gasteiger partial charge in [0, 0.05) is 34.4 Å². The molecule has 0 spiro atoms. The van der Waals surface area contributed by atoms with E-state index in [1.807, 2.05) is 0 Å². The molecule has 1 amide bonds. The number of nitrogens with zero attached hydrogens (tertiary/aromatic N) is 1. The Kier molecular flexibility index (Phi) is 4.39. The van der Waals surface area contributed by atoms with Gasteiger partial charge in [-0.3, -0.25) is 14.9 Å². The molecule has 108 valence electrons. The van der Waals surface area contributed by atoms with E-state index in [2.05, 4.69) is 5.32 Å². The monoisotopic (exact) mass is 305 g/mol. The van der Waals surface area contributed by atoms with Crippen LogP contribution in [-0.2, 0) is 6.54 Å². The minimum atomic E-state index is -0.487. The van der Waals surface area contributed by atoms with Crippen LogP contribution in [0.15, 0.2) is 42.5 Å². The number of nitrogens with two attached hydrogens (primary N) is 1. The topological polar surface area (TPSA) is 98.3 Å². The van der Waals surface area contributed by atoms with Crippen LogP contribution >= 0.6 is 11.6 Å². The van der Waals surface area contributed by atoms with E-state index in [0.717, 1.165) is 0 Å². The van der Waals surface area contributed by atoms with Crippen molar-refractivity contribution >= 4 is 28.9 Å². The first-order valence-corrected chi connectivity index (χ1v) is 6.42. The predicted molar refractivity (Wildman–Crippen MR) is 80.1 cm³/mol. The lowest BCUT2D eigenvalue weighted by atomic mass is 10.1. The lowest BCUT2D eigenvalue weighted by Crippen LogP contribution is -2.23. The van der Waals surface area contributed by atoms with Gasteiger partial charge in [-0.1, -0.05) is 29.8 Å². The molecule has 0 aromatic heterocycles. The number of carbonyl (C=O) groups is 1. The van der Waals surface area contributed by atoms with E-state index >= 15 is 0 Å². The molecule has 2 aromatic rings. The SMILES string of the molecule is Nc1cc(Cl)cc(C(=O)NCc2ccccc2[N+](=O)[O-])c1. The van der Waals surface area contributed by atoms with Gasteiger partial charge in [-0.05, 0) is 18.2 Å². The van der Waals surface area contributed by atoms with Crippen LogP contribution in [0.4, 0.5) is 11.4 Å². The summed E-state index contributed by atoms with van der Waals surface area (Å²) in [4.78, 5) is 22.4. The van der Waals surface area contributed by atoms with Crippen LogP contribution in [0.5, 0.6) is 0 Å². The largest absolute Gasteiger partial charge is 0.399 e. The number of rotatable bonds is 4. The second kappa shape index (κ2) is 6.23. The Bertz CT molecular complexity index is 683. The summed E-state index contributed by atoms with van der Waals surface area (Å²) in [6.07, 6.45) is 0. The number of hydrogen-bond donors (Lipinski definition) is 2. The lowest BCUT2D eigenvalue weighted by Gasteiger charge is -2.07. The number of nitro benzene ring substituents is 1. The molecule has 2 rings (SSSR count). The fourth-order valence-electron chi connectivity index (χ4n) is 1.86. The summed E-state index contributed by atoms with van der Waals surface area (Å²) in [5, 5.41) is 13.8. The molecule has 0 aliphatic carbocycles. The van der Waals surface area contributed by atoms with Crippen molar-refractivity contribution in [3.8, 4) is 0 Å². The summed E-state index contributed by atoms with van der Waals surface area (Å²) in [6, 6.07) is 10.7. The number of para-hydroxylation sites is 1. The first kappa shape index (κ1) is 14.8. The molecule has 7 heteroatoms. The first-order valence-electron chi connectivity index (χ1n) is 6.04. The highest BCUT2D eigenvalue weighted by atomic mass is 35.5. The number of halogens is 1. The minimum Gasteiger partial charge on any atom is -0.399 e. The molecule has 0 saturated heterocycles. The Morgan fingerprint density at radius 1 is 1.29 bits per heavy atom. The number of nitrogen functional groups attached to an aromatic ring is 1. The van der Waals surface area contributed by atoms with E-state index in [1.165, 1.54) is 24.3 Å². The van der Waals surface area contributed by atoms with E-state index < -0.39 is 10.8 Å². The van der Waals surface area contributed by atoms with Crippen molar-refractivity contribution in [2.24, 2.45) is 0 Å². The van der Waals surface area contributed by atoms with Gasteiger partial charge in [0.15, 0.2) is 0 Å². The second-order valence-electron chi connectivity index (χ2n) is 4.34. The van der Waals surface area contributed by atoms with Crippen LogP contribution in [0.1, 0.15) is 15.9 Å². The molecule has 0 atom stereocenters. The van der Waals surface area contributed by atoms with Crippen molar-refractivity contribution in [3.05, 3.63) is 68.7 Å². The van der Waals surface area contributed by atoms with Crippen LogP contribution in [0, 0.1) is 10.1 Å². The number of nitrogens with one attached hydrogen (secondary N) is 1. The van der Waals surface area contributed by atoms with Crippen molar-refractivity contribution in [2.75, 3.05) is 5.73 Å². The van der Waals surface area contributed by atoms with Crippen LogP contribution < -0.4 is 11.1 Å². The van der Waals surface area contributed by atoms with Gasteiger partial charge in [0.1, 0.15) is 0 Å². The third-order valence-corrected chi connectivity index (χ3v) is 3.03. The maximum absolute atomic E-state index is 12.0. The number of anilines is 1. The molecular weight excluding hydrogens is 294 g/mol. The smallest absolute Gasteiger partial charge is 0.274 e. The quantitative estimate of drug-likeness (QED) is 0.515. The van der Waals surface area contributed by atoms with Crippen molar-refractivity contribution < 1.29 is 9.72 Å². The van der Waals surface area contributed by atoms with Crippen molar-refractivity contribution in [2.45, 2.75) is 6.54 Å². The Labute approximate surface area is 125 Å². The summed E-state index contributed by atoms with van der Waals surface area (Å²) in [5.74, 6) is -0.401. The number of amides is 1. The molecule has 21 heavy (non-hydrogen) atoms. The molecular formula is C14H12ClN3O3. The van der Waals surface area contributed by atoms with E-state index in [1.54, 1.807) is 18.2 Å². The van der Waals surface area contributed by atoms with Crippen LogP contribution in [-0.4, -0.2) is 10.8 Å². The number of nitro groups is 1. The maximum atomic E-state index is 12.0. The van der Waals surface area contributed by atoms with Gasteiger partial charge in [-0.15, -0.1) is 0 Å².